The predicted molar refractivity (Wildman–Crippen MR) is 96.7 cm³/mol. The molecule has 3 aromatic rings. The van der Waals surface area contributed by atoms with Crippen molar-refractivity contribution >= 4 is 23.2 Å². The molecule has 0 aliphatic carbocycles. The van der Waals surface area contributed by atoms with Crippen LogP contribution in [-0.2, 0) is 6.42 Å². The lowest BCUT2D eigenvalue weighted by molar-refractivity contribution is 0.0683. The molecule has 3 heterocycles. The molecule has 2 aromatic heterocycles. The Labute approximate surface area is 155 Å². The number of fused-ring (bicyclic) bond motifs is 1. The highest BCUT2D eigenvalue weighted by Gasteiger charge is 2.26. The molecule has 26 heavy (non-hydrogen) atoms. The molecule has 1 aliphatic heterocycles. The summed E-state index contributed by atoms with van der Waals surface area (Å²) in [4.78, 5) is 22.9. The number of imidazole rings is 1. The third kappa shape index (κ3) is 3.17. The number of aromatic nitrogens is 3. The van der Waals surface area contributed by atoms with Crippen LogP contribution < -0.4 is 0 Å². The van der Waals surface area contributed by atoms with Gasteiger partial charge in [-0.15, -0.1) is 0 Å². The van der Waals surface area contributed by atoms with Gasteiger partial charge in [0.2, 0.25) is 0 Å². The van der Waals surface area contributed by atoms with Crippen molar-refractivity contribution < 1.29 is 9.18 Å². The molecule has 1 fully saturated rings. The van der Waals surface area contributed by atoms with Crippen LogP contribution in [0.3, 0.4) is 0 Å². The number of rotatable bonds is 3. The summed E-state index contributed by atoms with van der Waals surface area (Å²) in [6.45, 7) is 1.29. The lowest BCUT2D eigenvalue weighted by Crippen LogP contribution is -2.39. The fourth-order valence-corrected chi connectivity index (χ4v) is 3.76. The van der Waals surface area contributed by atoms with Gasteiger partial charge < -0.3 is 4.90 Å². The number of nitrogens with zero attached hydrogens (tertiary/aromatic N) is 4. The minimum absolute atomic E-state index is 0.0360. The topological polar surface area (TPSA) is 50.5 Å². The molecule has 134 valence electrons. The van der Waals surface area contributed by atoms with Crippen LogP contribution in [0.1, 0.15) is 28.9 Å². The van der Waals surface area contributed by atoms with Gasteiger partial charge in [-0.2, -0.15) is 0 Å². The van der Waals surface area contributed by atoms with E-state index >= 15 is 0 Å². The van der Waals surface area contributed by atoms with Crippen LogP contribution in [0.5, 0.6) is 0 Å². The molecule has 1 saturated heterocycles. The molecule has 0 radical (unpaired) electrons. The van der Waals surface area contributed by atoms with Gasteiger partial charge >= 0.3 is 0 Å². The summed E-state index contributed by atoms with van der Waals surface area (Å²) in [6, 6.07) is 4.78. The van der Waals surface area contributed by atoms with Crippen LogP contribution in [-0.4, -0.2) is 38.3 Å². The predicted octanol–water partition coefficient (Wildman–Crippen LogP) is 3.62. The first-order valence-electron chi connectivity index (χ1n) is 8.62. The molecule has 1 aromatic carbocycles. The van der Waals surface area contributed by atoms with Gasteiger partial charge in [-0.3, -0.25) is 14.2 Å². The van der Waals surface area contributed by atoms with E-state index in [0.29, 0.717) is 47.4 Å². The second-order valence-electron chi connectivity index (χ2n) is 6.59. The molecule has 0 unspecified atom stereocenters. The maximum Gasteiger partial charge on any atom is 0.272 e. The van der Waals surface area contributed by atoms with E-state index in [0.717, 1.165) is 12.8 Å². The molecule has 5 nitrogen and oxygen atoms in total. The van der Waals surface area contributed by atoms with E-state index in [1.165, 1.54) is 6.07 Å². The van der Waals surface area contributed by atoms with E-state index in [1.54, 1.807) is 41.3 Å². The minimum atomic E-state index is -0.254. The average molecular weight is 373 g/mol. The molecule has 1 amide bonds. The number of hydrogen-bond donors (Lipinski definition) is 0. The lowest BCUT2D eigenvalue weighted by atomic mass is 9.90. The maximum atomic E-state index is 14.0. The van der Waals surface area contributed by atoms with Crippen molar-refractivity contribution in [1.29, 1.82) is 0 Å². The van der Waals surface area contributed by atoms with Crippen molar-refractivity contribution in [3.05, 3.63) is 65.1 Å². The fraction of sp³-hybridized carbons (Fsp3) is 0.316. The Balaban J connectivity index is 1.43. The highest BCUT2D eigenvalue weighted by molar-refractivity contribution is 6.31. The normalized spacial score (nSPS) is 15.5. The molecule has 0 bridgehead atoms. The third-order valence-electron chi connectivity index (χ3n) is 4.99. The van der Waals surface area contributed by atoms with Gasteiger partial charge in [0.05, 0.1) is 12.4 Å². The van der Waals surface area contributed by atoms with Gasteiger partial charge in [0.1, 0.15) is 11.5 Å². The first kappa shape index (κ1) is 17.0. The molecule has 0 spiro atoms. The number of halogens is 2. The van der Waals surface area contributed by atoms with Crippen LogP contribution in [0.15, 0.2) is 43.0 Å². The summed E-state index contributed by atoms with van der Waals surface area (Å²) in [5.41, 5.74) is 1.77. The smallest absolute Gasteiger partial charge is 0.272 e. The van der Waals surface area contributed by atoms with Crippen molar-refractivity contribution in [2.75, 3.05) is 13.1 Å². The Morgan fingerprint density at radius 1 is 1.27 bits per heavy atom. The third-order valence-corrected chi connectivity index (χ3v) is 5.35. The second kappa shape index (κ2) is 7.03. The van der Waals surface area contributed by atoms with E-state index in [-0.39, 0.29) is 11.7 Å². The maximum absolute atomic E-state index is 14.0. The van der Waals surface area contributed by atoms with Crippen LogP contribution in [0.2, 0.25) is 5.02 Å². The summed E-state index contributed by atoms with van der Waals surface area (Å²) in [5.74, 6) is 0.0289. The number of benzene rings is 1. The van der Waals surface area contributed by atoms with Gasteiger partial charge in [0.25, 0.3) is 5.91 Å². The van der Waals surface area contributed by atoms with E-state index in [4.69, 9.17) is 11.6 Å². The molecule has 1 aliphatic rings. The number of amides is 1. The zero-order chi connectivity index (χ0) is 18.1. The Kier molecular flexibility index (Phi) is 4.59. The van der Waals surface area contributed by atoms with Crippen molar-refractivity contribution in [3.63, 3.8) is 0 Å². The zero-order valence-electron chi connectivity index (χ0n) is 14.1. The van der Waals surface area contributed by atoms with Crippen molar-refractivity contribution in [2.45, 2.75) is 19.3 Å². The largest absolute Gasteiger partial charge is 0.337 e. The molecule has 0 saturated carbocycles. The van der Waals surface area contributed by atoms with E-state index in [2.05, 4.69) is 9.97 Å². The van der Waals surface area contributed by atoms with Crippen LogP contribution in [0.25, 0.3) is 5.65 Å². The van der Waals surface area contributed by atoms with Crippen molar-refractivity contribution in [2.24, 2.45) is 5.92 Å². The van der Waals surface area contributed by atoms with Crippen LogP contribution in [0, 0.1) is 11.7 Å². The van der Waals surface area contributed by atoms with Gasteiger partial charge in [-0.05, 0) is 37.3 Å². The van der Waals surface area contributed by atoms with E-state index < -0.39 is 0 Å². The number of carbonyl (C=O) groups is 1. The number of hydrogen-bond acceptors (Lipinski definition) is 3. The lowest BCUT2D eigenvalue weighted by Gasteiger charge is -2.32. The molecule has 4 rings (SSSR count). The average Bonchev–Trinajstić information content (AvgIpc) is 3.09. The number of carbonyl (C=O) groups excluding carboxylic acids is 1. The summed E-state index contributed by atoms with van der Waals surface area (Å²) >= 11 is 6.13. The Morgan fingerprint density at radius 2 is 2.08 bits per heavy atom. The van der Waals surface area contributed by atoms with Gasteiger partial charge in [0.15, 0.2) is 5.65 Å². The Bertz CT molecular complexity index is 929. The zero-order valence-corrected chi connectivity index (χ0v) is 14.9. The number of piperidine rings is 1. The SMILES string of the molecule is O=C(c1cnc2cnccn12)N1CCC(Cc2c(F)cccc2Cl)CC1. The quantitative estimate of drug-likeness (QED) is 0.705. The highest BCUT2D eigenvalue weighted by Crippen LogP contribution is 2.28. The van der Waals surface area contributed by atoms with Gasteiger partial charge in [0, 0.05) is 36.1 Å². The molecule has 0 N–H and O–H groups in total. The standard InChI is InChI=1S/C19H18ClFN4O/c20-15-2-1-3-16(21)14(15)10-13-4-7-24(8-5-13)19(26)17-11-23-18-12-22-6-9-25(17)18/h1-3,6,9,11-13H,4-5,7-8,10H2. The minimum Gasteiger partial charge on any atom is -0.337 e. The van der Waals surface area contributed by atoms with Crippen LogP contribution in [0.4, 0.5) is 4.39 Å². The molecular weight excluding hydrogens is 355 g/mol. The second-order valence-corrected chi connectivity index (χ2v) is 7.00. The Hall–Kier alpha value is -2.47. The van der Waals surface area contributed by atoms with Crippen LogP contribution >= 0.6 is 11.6 Å². The first-order valence-corrected chi connectivity index (χ1v) is 9.00. The summed E-state index contributed by atoms with van der Waals surface area (Å²) in [7, 11) is 0. The summed E-state index contributed by atoms with van der Waals surface area (Å²) in [6.07, 6.45) is 8.85. The van der Waals surface area contributed by atoms with Gasteiger partial charge in [-0.1, -0.05) is 17.7 Å². The highest BCUT2D eigenvalue weighted by atomic mass is 35.5. The Morgan fingerprint density at radius 3 is 2.85 bits per heavy atom. The number of likely N-dealkylation sites (tertiary alicyclic amines) is 1. The van der Waals surface area contributed by atoms with Crippen molar-refractivity contribution in [3.8, 4) is 0 Å². The first-order chi connectivity index (χ1) is 12.6. The van der Waals surface area contributed by atoms with E-state index in [9.17, 15) is 9.18 Å². The van der Waals surface area contributed by atoms with E-state index in [1.807, 2.05) is 4.90 Å². The molecule has 0 atom stereocenters. The summed E-state index contributed by atoms with van der Waals surface area (Å²) < 4.78 is 15.7. The monoisotopic (exact) mass is 372 g/mol. The molecular formula is C19H18ClFN4O. The fourth-order valence-electron chi connectivity index (χ4n) is 3.52. The molecule has 7 heteroatoms. The van der Waals surface area contributed by atoms with Crippen molar-refractivity contribution in [1.82, 2.24) is 19.3 Å². The van der Waals surface area contributed by atoms with Gasteiger partial charge in [-0.25, -0.2) is 9.37 Å². The summed E-state index contributed by atoms with van der Waals surface area (Å²) in [5, 5.41) is 0.475.